The van der Waals surface area contributed by atoms with Gasteiger partial charge in [0.2, 0.25) is 11.8 Å². The van der Waals surface area contributed by atoms with Crippen molar-refractivity contribution in [3.8, 4) is 11.1 Å². The van der Waals surface area contributed by atoms with Gasteiger partial charge in [0.05, 0.1) is 0 Å². The fourth-order valence-electron chi connectivity index (χ4n) is 4.91. The van der Waals surface area contributed by atoms with E-state index in [1.54, 1.807) is 6.92 Å². The first-order chi connectivity index (χ1) is 18.6. The van der Waals surface area contributed by atoms with Gasteiger partial charge < -0.3 is 15.4 Å². The molecule has 3 heterocycles. The molecule has 39 heavy (non-hydrogen) atoms. The van der Waals surface area contributed by atoms with Gasteiger partial charge >= 0.3 is 5.97 Å². The number of hydrogen-bond donors (Lipinski definition) is 3. The van der Waals surface area contributed by atoms with E-state index in [9.17, 15) is 19.2 Å². The van der Waals surface area contributed by atoms with Crippen LogP contribution in [0.2, 0.25) is 0 Å². The number of aryl methyl sites for hydroxylation is 1. The zero-order valence-electron chi connectivity index (χ0n) is 23.0. The Bertz CT molecular complexity index is 1210. The number of amides is 3. The molecular weight excluding hydrogens is 496 g/mol. The van der Waals surface area contributed by atoms with Crippen molar-refractivity contribution in [3.05, 3.63) is 59.7 Å². The normalized spacial score (nSPS) is 25.3. The molecular formula is C30H38N4O5. The third-order valence-electron chi connectivity index (χ3n) is 7.31. The van der Waals surface area contributed by atoms with Crippen LogP contribution < -0.4 is 16.1 Å². The third kappa shape index (κ3) is 7.03. The van der Waals surface area contributed by atoms with Crippen molar-refractivity contribution in [3.63, 3.8) is 0 Å². The van der Waals surface area contributed by atoms with Gasteiger partial charge in [0.25, 0.3) is 5.91 Å². The second-order valence-electron chi connectivity index (χ2n) is 10.7. The number of nitrogens with one attached hydrogen (secondary N) is 3. The molecule has 9 nitrogen and oxygen atoms in total. The van der Waals surface area contributed by atoms with Crippen molar-refractivity contribution in [1.29, 1.82) is 0 Å². The van der Waals surface area contributed by atoms with Gasteiger partial charge in [-0.2, -0.15) is 0 Å². The Morgan fingerprint density at radius 2 is 1.67 bits per heavy atom. The summed E-state index contributed by atoms with van der Waals surface area (Å²) in [4.78, 5) is 52.0. The summed E-state index contributed by atoms with van der Waals surface area (Å²) in [6.07, 6.45) is 1.43. The summed E-state index contributed by atoms with van der Waals surface area (Å²) >= 11 is 0. The van der Waals surface area contributed by atoms with Crippen molar-refractivity contribution in [1.82, 2.24) is 21.1 Å². The average molecular weight is 535 g/mol. The molecule has 9 heteroatoms. The number of nitrogens with zero attached hydrogens (tertiary/aromatic N) is 1. The van der Waals surface area contributed by atoms with Gasteiger partial charge in [0, 0.05) is 13.0 Å². The lowest BCUT2D eigenvalue weighted by Gasteiger charge is -2.35. The van der Waals surface area contributed by atoms with Crippen LogP contribution in [0.15, 0.2) is 48.5 Å². The van der Waals surface area contributed by atoms with Crippen LogP contribution in [-0.4, -0.2) is 53.4 Å². The summed E-state index contributed by atoms with van der Waals surface area (Å²) < 4.78 is 5.80. The monoisotopic (exact) mass is 534 g/mol. The number of fused-ring (bicyclic) bond motifs is 12. The Labute approximate surface area is 229 Å². The minimum Gasteiger partial charge on any atom is -0.457 e. The second kappa shape index (κ2) is 12.4. The lowest BCUT2D eigenvalue weighted by atomic mass is 9.98. The zero-order valence-corrected chi connectivity index (χ0v) is 23.0. The molecule has 0 saturated carbocycles. The topological polar surface area (TPSA) is 117 Å². The number of rotatable bonds is 1. The molecule has 3 N–H and O–H groups in total. The van der Waals surface area contributed by atoms with Crippen LogP contribution in [0.5, 0.6) is 0 Å². The van der Waals surface area contributed by atoms with E-state index in [0.717, 1.165) is 22.3 Å². The first kappa shape index (κ1) is 28.3. The summed E-state index contributed by atoms with van der Waals surface area (Å²) in [5.41, 5.74) is 6.87. The SMILES string of the molecule is CC1NC(=O)[C@H](C(C)C)NC(=O)CCc2ccc(cc2)-c2cccc(c2)[C@@H](C)OC(=O)[C@@H]2CCCN(N2)C1=O. The Balaban J connectivity index is 1.61. The van der Waals surface area contributed by atoms with E-state index in [0.29, 0.717) is 25.8 Å². The van der Waals surface area contributed by atoms with Crippen molar-refractivity contribution in [2.45, 2.75) is 77.6 Å². The minimum atomic E-state index is -0.851. The van der Waals surface area contributed by atoms with Crippen LogP contribution in [0, 0.1) is 5.92 Å². The Morgan fingerprint density at radius 1 is 0.923 bits per heavy atom. The summed E-state index contributed by atoms with van der Waals surface area (Å²) in [5.74, 6) is -1.62. The van der Waals surface area contributed by atoms with Crippen molar-refractivity contribution >= 4 is 23.7 Å². The largest absolute Gasteiger partial charge is 0.457 e. The number of carbonyl (C=O) groups is 4. The highest BCUT2D eigenvalue weighted by Crippen LogP contribution is 2.26. The highest BCUT2D eigenvalue weighted by Gasteiger charge is 2.33. The van der Waals surface area contributed by atoms with Gasteiger partial charge in [0.15, 0.2) is 0 Å². The van der Waals surface area contributed by atoms with Crippen LogP contribution >= 0.6 is 0 Å². The number of benzene rings is 2. The van der Waals surface area contributed by atoms with E-state index in [1.165, 1.54) is 5.01 Å². The zero-order chi connectivity index (χ0) is 28.1. The molecule has 0 radical (unpaired) electrons. The Morgan fingerprint density at radius 3 is 2.38 bits per heavy atom. The van der Waals surface area contributed by atoms with Gasteiger partial charge in [0.1, 0.15) is 24.2 Å². The molecule has 4 atom stereocenters. The van der Waals surface area contributed by atoms with E-state index in [4.69, 9.17) is 4.74 Å². The molecule has 1 fully saturated rings. The molecule has 0 aromatic heterocycles. The van der Waals surface area contributed by atoms with E-state index < -0.39 is 36.1 Å². The van der Waals surface area contributed by atoms with Crippen molar-refractivity contribution in [2.75, 3.05) is 6.54 Å². The third-order valence-corrected chi connectivity index (χ3v) is 7.31. The number of carbonyl (C=O) groups excluding carboxylic acids is 4. The molecule has 3 amide bonds. The minimum absolute atomic E-state index is 0.175. The second-order valence-corrected chi connectivity index (χ2v) is 10.7. The molecule has 6 bridgehead atoms. The van der Waals surface area contributed by atoms with Crippen LogP contribution in [0.1, 0.15) is 64.2 Å². The molecule has 3 aliphatic rings. The molecule has 5 rings (SSSR count). The van der Waals surface area contributed by atoms with E-state index in [1.807, 2.05) is 69.3 Å². The summed E-state index contributed by atoms with van der Waals surface area (Å²) in [7, 11) is 0. The predicted octanol–water partition coefficient (Wildman–Crippen LogP) is 3.05. The molecule has 0 aliphatic carbocycles. The number of hydrazine groups is 1. The maximum Gasteiger partial charge on any atom is 0.325 e. The quantitative estimate of drug-likeness (QED) is 0.485. The van der Waals surface area contributed by atoms with Crippen LogP contribution in [0.3, 0.4) is 0 Å². The fourth-order valence-corrected chi connectivity index (χ4v) is 4.91. The Hall–Kier alpha value is -3.72. The van der Waals surface area contributed by atoms with Crippen LogP contribution in [0.25, 0.3) is 11.1 Å². The van der Waals surface area contributed by atoms with Gasteiger partial charge in [-0.15, -0.1) is 0 Å². The fraction of sp³-hybridized carbons (Fsp3) is 0.467. The molecule has 0 spiro atoms. The van der Waals surface area contributed by atoms with Gasteiger partial charge in [-0.25, -0.2) is 5.43 Å². The highest BCUT2D eigenvalue weighted by atomic mass is 16.5. The van der Waals surface area contributed by atoms with Crippen LogP contribution in [0.4, 0.5) is 0 Å². The molecule has 208 valence electrons. The standard InChI is InChI=1S/C30H38N4O5/c1-18(2)27-28(36)31-19(3)29(37)34-16-6-9-25(33-34)30(38)39-20(4)23-7-5-8-24(17-23)22-13-10-21(11-14-22)12-15-26(35)32-27/h5,7-8,10-11,13-14,17-20,25,27,33H,6,9,12,15-16H2,1-4H3,(H,31,36)(H,32,35)/t19?,20-,25+,27+/m1/s1. The van der Waals surface area contributed by atoms with Crippen molar-refractivity contribution < 1.29 is 23.9 Å². The van der Waals surface area contributed by atoms with Gasteiger partial charge in [-0.1, -0.05) is 56.3 Å². The van der Waals surface area contributed by atoms with E-state index >= 15 is 0 Å². The maximum atomic E-state index is 13.1. The number of hydrogen-bond acceptors (Lipinski definition) is 6. The maximum absolute atomic E-state index is 13.1. The lowest BCUT2D eigenvalue weighted by Crippen LogP contribution is -2.61. The predicted molar refractivity (Wildman–Crippen MR) is 147 cm³/mol. The van der Waals surface area contributed by atoms with Crippen molar-refractivity contribution in [2.24, 2.45) is 5.92 Å². The molecule has 3 aliphatic heterocycles. The smallest absolute Gasteiger partial charge is 0.325 e. The molecule has 1 unspecified atom stereocenters. The molecule has 1 saturated heterocycles. The molecule has 2 aromatic rings. The lowest BCUT2D eigenvalue weighted by molar-refractivity contribution is -0.157. The Kier molecular flexibility index (Phi) is 9.01. The highest BCUT2D eigenvalue weighted by molar-refractivity contribution is 5.92. The van der Waals surface area contributed by atoms with Crippen LogP contribution in [-0.2, 0) is 30.3 Å². The van der Waals surface area contributed by atoms with E-state index in [-0.39, 0.29) is 24.2 Å². The number of ether oxygens (including phenoxy) is 1. The average Bonchev–Trinajstić information content (AvgIpc) is 2.94. The summed E-state index contributed by atoms with van der Waals surface area (Å²) in [5, 5.41) is 6.95. The molecule has 2 aromatic carbocycles. The summed E-state index contributed by atoms with van der Waals surface area (Å²) in [6.45, 7) is 7.53. The summed E-state index contributed by atoms with van der Waals surface area (Å²) in [6, 6.07) is 13.6. The first-order valence-electron chi connectivity index (χ1n) is 13.7. The van der Waals surface area contributed by atoms with Gasteiger partial charge in [-0.3, -0.25) is 24.2 Å². The number of esters is 1. The van der Waals surface area contributed by atoms with E-state index in [2.05, 4.69) is 16.1 Å². The van der Waals surface area contributed by atoms with Gasteiger partial charge in [-0.05, 0) is 67.3 Å². The first-order valence-corrected chi connectivity index (χ1v) is 13.7.